The van der Waals surface area contributed by atoms with Crippen LogP contribution in [0.3, 0.4) is 0 Å². The smallest absolute Gasteiger partial charge is 0.138 e. The SMILES string of the molecule is OC(COc1ccccc1Cl)c1cccs1. The fourth-order valence-corrected chi connectivity index (χ4v) is 2.18. The van der Waals surface area contributed by atoms with E-state index in [2.05, 4.69) is 0 Å². The average molecular weight is 255 g/mol. The lowest BCUT2D eigenvalue weighted by molar-refractivity contribution is 0.111. The maximum atomic E-state index is 9.80. The van der Waals surface area contributed by atoms with Crippen molar-refractivity contribution < 1.29 is 9.84 Å². The highest BCUT2D eigenvalue weighted by Crippen LogP contribution is 2.25. The van der Waals surface area contributed by atoms with Crippen LogP contribution in [-0.4, -0.2) is 11.7 Å². The van der Waals surface area contributed by atoms with Crippen LogP contribution in [0.5, 0.6) is 5.75 Å². The predicted molar refractivity (Wildman–Crippen MR) is 66.2 cm³/mol. The highest BCUT2D eigenvalue weighted by atomic mass is 35.5. The zero-order chi connectivity index (χ0) is 11.4. The molecule has 1 aromatic heterocycles. The van der Waals surface area contributed by atoms with Gasteiger partial charge in [-0.3, -0.25) is 0 Å². The molecule has 1 atom stereocenters. The number of aliphatic hydroxyl groups is 1. The molecule has 16 heavy (non-hydrogen) atoms. The lowest BCUT2D eigenvalue weighted by Gasteiger charge is -2.11. The van der Waals surface area contributed by atoms with Crippen LogP contribution in [0.15, 0.2) is 41.8 Å². The van der Waals surface area contributed by atoms with E-state index in [1.807, 2.05) is 29.6 Å². The van der Waals surface area contributed by atoms with Crippen molar-refractivity contribution in [1.82, 2.24) is 0 Å². The molecule has 0 bridgehead atoms. The minimum atomic E-state index is -0.601. The molecule has 0 aliphatic heterocycles. The molecule has 0 spiro atoms. The summed E-state index contributed by atoms with van der Waals surface area (Å²) in [5.41, 5.74) is 0. The Bertz CT molecular complexity index is 442. The first-order valence-electron chi connectivity index (χ1n) is 4.86. The van der Waals surface area contributed by atoms with Crippen molar-refractivity contribution in [2.24, 2.45) is 0 Å². The summed E-state index contributed by atoms with van der Waals surface area (Å²) in [6, 6.07) is 11.0. The van der Waals surface area contributed by atoms with E-state index >= 15 is 0 Å². The standard InChI is InChI=1S/C12H11ClO2S/c13-9-4-1-2-5-11(9)15-8-10(14)12-6-3-7-16-12/h1-7,10,14H,8H2. The molecule has 1 unspecified atom stereocenters. The molecule has 0 saturated heterocycles. The summed E-state index contributed by atoms with van der Waals surface area (Å²) in [6.07, 6.45) is -0.601. The van der Waals surface area contributed by atoms with E-state index in [0.29, 0.717) is 10.8 Å². The van der Waals surface area contributed by atoms with Gasteiger partial charge in [0.15, 0.2) is 0 Å². The number of para-hydroxylation sites is 1. The van der Waals surface area contributed by atoms with Crippen LogP contribution in [0.1, 0.15) is 11.0 Å². The number of hydrogen-bond acceptors (Lipinski definition) is 3. The van der Waals surface area contributed by atoms with Gasteiger partial charge in [0, 0.05) is 4.88 Å². The highest BCUT2D eigenvalue weighted by Gasteiger charge is 2.10. The Morgan fingerprint density at radius 2 is 2.06 bits per heavy atom. The number of halogens is 1. The minimum absolute atomic E-state index is 0.213. The lowest BCUT2D eigenvalue weighted by Crippen LogP contribution is -2.08. The largest absolute Gasteiger partial charge is 0.489 e. The van der Waals surface area contributed by atoms with Crippen molar-refractivity contribution in [2.75, 3.05) is 6.61 Å². The van der Waals surface area contributed by atoms with E-state index < -0.39 is 6.10 Å². The van der Waals surface area contributed by atoms with E-state index in [4.69, 9.17) is 16.3 Å². The van der Waals surface area contributed by atoms with Crippen LogP contribution in [0.4, 0.5) is 0 Å². The summed E-state index contributed by atoms with van der Waals surface area (Å²) in [4.78, 5) is 0.895. The lowest BCUT2D eigenvalue weighted by atomic mass is 10.3. The third kappa shape index (κ3) is 2.76. The average Bonchev–Trinajstić information content (AvgIpc) is 2.81. The van der Waals surface area contributed by atoms with E-state index in [9.17, 15) is 5.11 Å². The maximum absolute atomic E-state index is 9.80. The molecule has 0 amide bonds. The van der Waals surface area contributed by atoms with Gasteiger partial charge >= 0.3 is 0 Å². The first-order valence-corrected chi connectivity index (χ1v) is 6.12. The van der Waals surface area contributed by atoms with Crippen molar-refractivity contribution in [3.8, 4) is 5.75 Å². The van der Waals surface area contributed by atoms with Gasteiger partial charge < -0.3 is 9.84 Å². The topological polar surface area (TPSA) is 29.5 Å². The summed E-state index contributed by atoms with van der Waals surface area (Å²) >= 11 is 7.44. The first kappa shape index (κ1) is 11.5. The van der Waals surface area contributed by atoms with Crippen molar-refractivity contribution in [1.29, 1.82) is 0 Å². The van der Waals surface area contributed by atoms with Gasteiger partial charge in [0.25, 0.3) is 0 Å². The molecule has 0 aliphatic rings. The molecule has 0 fully saturated rings. The van der Waals surface area contributed by atoms with E-state index in [-0.39, 0.29) is 6.61 Å². The summed E-state index contributed by atoms with van der Waals surface area (Å²) < 4.78 is 5.45. The van der Waals surface area contributed by atoms with Crippen LogP contribution in [-0.2, 0) is 0 Å². The van der Waals surface area contributed by atoms with Gasteiger partial charge in [-0.2, -0.15) is 0 Å². The van der Waals surface area contributed by atoms with Crippen LogP contribution < -0.4 is 4.74 Å². The predicted octanol–water partition coefficient (Wildman–Crippen LogP) is 3.51. The van der Waals surface area contributed by atoms with E-state index in [0.717, 1.165) is 4.88 Å². The number of benzene rings is 1. The summed E-state index contributed by atoms with van der Waals surface area (Å²) in [5, 5.41) is 12.3. The zero-order valence-electron chi connectivity index (χ0n) is 8.47. The first-order chi connectivity index (χ1) is 7.77. The Kier molecular flexibility index (Phi) is 3.83. The second kappa shape index (κ2) is 5.34. The number of aliphatic hydroxyl groups excluding tert-OH is 1. The third-order valence-corrected chi connectivity index (χ3v) is 3.39. The Morgan fingerprint density at radius 1 is 1.25 bits per heavy atom. The van der Waals surface area contributed by atoms with Gasteiger partial charge in [0.2, 0.25) is 0 Å². The van der Waals surface area contributed by atoms with Crippen LogP contribution in [0.2, 0.25) is 5.02 Å². The van der Waals surface area contributed by atoms with Crippen molar-refractivity contribution in [2.45, 2.75) is 6.10 Å². The summed E-state index contributed by atoms with van der Waals surface area (Å²) in [7, 11) is 0. The molecule has 2 rings (SSSR count). The number of hydrogen-bond donors (Lipinski definition) is 1. The Morgan fingerprint density at radius 3 is 2.75 bits per heavy atom. The molecule has 4 heteroatoms. The fourth-order valence-electron chi connectivity index (χ4n) is 1.29. The normalized spacial score (nSPS) is 12.4. The van der Waals surface area contributed by atoms with Crippen molar-refractivity contribution >= 4 is 22.9 Å². The van der Waals surface area contributed by atoms with Gasteiger partial charge in [-0.1, -0.05) is 29.8 Å². The van der Waals surface area contributed by atoms with Crippen LogP contribution in [0.25, 0.3) is 0 Å². The molecule has 2 aromatic rings. The summed E-state index contributed by atoms with van der Waals surface area (Å²) in [6.45, 7) is 0.213. The quantitative estimate of drug-likeness (QED) is 0.905. The van der Waals surface area contributed by atoms with E-state index in [1.165, 1.54) is 11.3 Å². The molecule has 0 radical (unpaired) electrons. The van der Waals surface area contributed by atoms with Gasteiger partial charge in [-0.05, 0) is 23.6 Å². The Balaban J connectivity index is 1.95. The van der Waals surface area contributed by atoms with Crippen molar-refractivity contribution in [3.63, 3.8) is 0 Å². The molecule has 1 N–H and O–H groups in total. The molecular formula is C12H11ClO2S. The molecule has 2 nitrogen and oxygen atoms in total. The Labute approximate surface area is 103 Å². The number of rotatable bonds is 4. The minimum Gasteiger partial charge on any atom is -0.489 e. The molecule has 1 aromatic carbocycles. The van der Waals surface area contributed by atoms with Gasteiger partial charge in [0.05, 0.1) is 5.02 Å². The second-order valence-corrected chi connectivity index (χ2v) is 4.66. The monoisotopic (exact) mass is 254 g/mol. The second-order valence-electron chi connectivity index (χ2n) is 3.27. The number of ether oxygens (including phenoxy) is 1. The molecule has 0 aliphatic carbocycles. The Hall–Kier alpha value is -1.03. The summed E-state index contributed by atoms with van der Waals surface area (Å²) in [5.74, 6) is 0.597. The molecule has 0 saturated carbocycles. The zero-order valence-corrected chi connectivity index (χ0v) is 10.0. The molecule has 1 heterocycles. The van der Waals surface area contributed by atoms with E-state index in [1.54, 1.807) is 12.1 Å². The van der Waals surface area contributed by atoms with Crippen LogP contribution in [0, 0.1) is 0 Å². The third-order valence-electron chi connectivity index (χ3n) is 2.10. The number of thiophene rings is 1. The fraction of sp³-hybridized carbons (Fsp3) is 0.167. The molecular weight excluding hydrogens is 244 g/mol. The molecule has 84 valence electrons. The van der Waals surface area contributed by atoms with Crippen LogP contribution >= 0.6 is 22.9 Å². The van der Waals surface area contributed by atoms with Gasteiger partial charge in [-0.25, -0.2) is 0 Å². The van der Waals surface area contributed by atoms with Gasteiger partial charge in [0.1, 0.15) is 18.5 Å². The highest BCUT2D eigenvalue weighted by molar-refractivity contribution is 7.10. The van der Waals surface area contributed by atoms with Gasteiger partial charge in [-0.15, -0.1) is 11.3 Å². The maximum Gasteiger partial charge on any atom is 0.138 e. The van der Waals surface area contributed by atoms with Crippen molar-refractivity contribution in [3.05, 3.63) is 51.7 Å².